The van der Waals surface area contributed by atoms with Crippen LogP contribution in [0.2, 0.25) is 0 Å². The number of rotatable bonds is 2. The summed E-state index contributed by atoms with van der Waals surface area (Å²) in [6, 6.07) is 14.9. The van der Waals surface area contributed by atoms with Crippen LogP contribution in [-0.4, -0.2) is 11.7 Å². The van der Waals surface area contributed by atoms with Gasteiger partial charge in [0.1, 0.15) is 0 Å². The molecule has 1 unspecified atom stereocenters. The fraction of sp³-hybridized carbons (Fsp3) is 0.294. The van der Waals surface area contributed by atoms with Crippen molar-refractivity contribution in [3.05, 3.63) is 54.1 Å². The van der Waals surface area contributed by atoms with Crippen molar-refractivity contribution in [1.29, 1.82) is 0 Å². The molecule has 1 saturated heterocycles. The van der Waals surface area contributed by atoms with Crippen molar-refractivity contribution in [3.8, 4) is 0 Å². The Labute approximate surface area is 108 Å². The van der Waals surface area contributed by atoms with Gasteiger partial charge >= 0.3 is 0 Å². The zero-order valence-corrected chi connectivity index (χ0v) is 10.9. The lowest BCUT2D eigenvalue weighted by Crippen LogP contribution is -2.44. The Morgan fingerprint density at radius 1 is 1.11 bits per heavy atom. The summed E-state index contributed by atoms with van der Waals surface area (Å²) in [6.07, 6.45) is 5.74. The highest BCUT2D eigenvalue weighted by Gasteiger charge is 2.35. The monoisotopic (exact) mass is 238 g/mol. The average molecular weight is 238 g/mol. The number of hydrogen-bond donors (Lipinski definition) is 0. The third-order valence-electron chi connectivity index (χ3n) is 3.48. The molecular formula is C17H18O. The molecule has 1 heterocycles. The van der Waals surface area contributed by atoms with Crippen LogP contribution in [0.3, 0.4) is 0 Å². The molecule has 0 radical (unpaired) electrons. The zero-order chi connectivity index (χ0) is 12.6. The summed E-state index contributed by atoms with van der Waals surface area (Å²) in [5.41, 5.74) is 1.33. The van der Waals surface area contributed by atoms with Gasteiger partial charge in [-0.1, -0.05) is 54.6 Å². The summed E-state index contributed by atoms with van der Waals surface area (Å²) in [6.45, 7) is 4.27. The van der Waals surface area contributed by atoms with Crippen LogP contribution in [0.1, 0.15) is 25.8 Å². The second kappa shape index (κ2) is 4.25. The van der Waals surface area contributed by atoms with Gasteiger partial charge in [0.05, 0.1) is 11.7 Å². The summed E-state index contributed by atoms with van der Waals surface area (Å²) in [7, 11) is 0. The minimum Gasteiger partial charge on any atom is -0.368 e. The number of fused-ring (bicyclic) bond motifs is 1. The SMILES string of the molecule is CC1(C)CC(/C=C/c2cccc3ccccc23)O1. The first-order valence-electron chi connectivity index (χ1n) is 6.48. The van der Waals surface area contributed by atoms with Crippen LogP contribution in [0.25, 0.3) is 16.8 Å². The predicted octanol–water partition coefficient (Wildman–Crippen LogP) is 4.42. The molecule has 0 aliphatic carbocycles. The third-order valence-corrected chi connectivity index (χ3v) is 3.48. The maximum Gasteiger partial charge on any atom is 0.0793 e. The molecule has 3 rings (SSSR count). The first kappa shape index (κ1) is 11.5. The van der Waals surface area contributed by atoms with Crippen LogP contribution in [0.15, 0.2) is 48.5 Å². The van der Waals surface area contributed by atoms with E-state index in [1.54, 1.807) is 0 Å². The first-order chi connectivity index (χ1) is 8.64. The molecule has 0 aromatic heterocycles. The van der Waals surface area contributed by atoms with E-state index in [4.69, 9.17) is 4.74 Å². The standard InChI is InChI=1S/C17H18O/c1-17(2)12-15(18-17)11-10-14-8-5-7-13-6-3-4-9-16(13)14/h3-11,15H,12H2,1-2H3/b11-10+. The molecule has 0 bridgehead atoms. The zero-order valence-electron chi connectivity index (χ0n) is 10.9. The van der Waals surface area contributed by atoms with Crippen LogP contribution >= 0.6 is 0 Å². The maximum atomic E-state index is 5.77. The highest BCUT2D eigenvalue weighted by atomic mass is 16.5. The van der Waals surface area contributed by atoms with E-state index in [-0.39, 0.29) is 11.7 Å². The van der Waals surface area contributed by atoms with Crippen molar-refractivity contribution in [2.75, 3.05) is 0 Å². The third kappa shape index (κ3) is 2.19. The maximum absolute atomic E-state index is 5.77. The van der Waals surface area contributed by atoms with Gasteiger partial charge in [0.2, 0.25) is 0 Å². The van der Waals surface area contributed by atoms with Gasteiger partial charge in [-0.2, -0.15) is 0 Å². The minimum absolute atomic E-state index is 0.0633. The van der Waals surface area contributed by atoms with Crippen molar-refractivity contribution in [3.63, 3.8) is 0 Å². The molecule has 0 spiro atoms. The minimum atomic E-state index is 0.0633. The first-order valence-corrected chi connectivity index (χ1v) is 6.48. The lowest BCUT2D eigenvalue weighted by atomic mass is 9.92. The summed E-state index contributed by atoms with van der Waals surface area (Å²) in [5, 5.41) is 2.59. The van der Waals surface area contributed by atoms with Crippen LogP contribution < -0.4 is 0 Å². The van der Waals surface area contributed by atoms with E-state index >= 15 is 0 Å². The number of benzene rings is 2. The topological polar surface area (TPSA) is 9.23 Å². The van der Waals surface area contributed by atoms with Crippen molar-refractivity contribution in [2.45, 2.75) is 32.0 Å². The molecule has 92 valence electrons. The molecule has 1 aliphatic rings. The molecular weight excluding hydrogens is 220 g/mol. The Kier molecular flexibility index (Phi) is 2.71. The highest BCUT2D eigenvalue weighted by Crippen LogP contribution is 2.32. The highest BCUT2D eigenvalue weighted by molar-refractivity contribution is 5.90. The second-order valence-electron chi connectivity index (χ2n) is 5.55. The molecule has 2 aromatic carbocycles. The molecule has 1 aliphatic heterocycles. The van der Waals surface area contributed by atoms with Gasteiger partial charge < -0.3 is 4.74 Å². The summed E-state index contributed by atoms with van der Waals surface area (Å²) in [4.78, 5) is 0. The van der Waals surface area contributed by atoms with E-state index in [2.05, 4.69) is 68.5 Å². The normalized spacial score (nSPS) is 22.2. The van der Waals surface area contributed by atoms with E-state index in [9.17, 15) is 0 Å². The van der Waals surface area contributed by atoms with Crippen molar-refractivity contribution in [1.82, 2.24) is 0 Å². The molecule has 1 nitrogen and oxygen atoms in total. The van der Waals surface area contributed by atoms with E-state index in [1.165, 1.54) is 16.3 Å². The number of hydrogen-bond acceptors (Lipinski definition) is 1. The van der Waals surface area contributed by atoms with Gasteiger partial charge in [0, 0.05) is 6.42 Å². The molecule has 0 N–H and O–H groups in total. The van der Waals surface area contributed by atoms with Gasteiger partial charge in [0.15, 0.2) is 0 Å². The lowest BCUT2D eigenvalue weighted by molar-refractivity contribution is -0.161. The fourth-order valence-electron chi connectivity index (χ4n) is 2.60. The van der Waals surface area contributed by atoms with Crippen molar-refractivity contribution >= 4 is 16.8 Å². The Bertz CT molecular complexity index is 582. The average Bonchev–Trinajstić information content (AvgIpc) is 2.33. The molecule has 0 amide bonds. The number of ether oxygens (including phenoxy) is 1. The van der Waals surface area contributed by atoms with E-state index < -0.39 is 0 Å². The predicted molar refractivity (Wildman–Crippen MR) is 76.6 cm³/mol. The Balaban J connectivity index is 1.85. The molecule has 2 aromatic rings. The second-order valence-corrected chi connectivity index (χ2v) is 5.55. The molecule has 1 fully saturated rings. The van der Waals surface area contributed by atoms with Gasteiger partial charge in [0.25, 0.3) is 0 Å². The van der Waals surface area contributed by atoms with E-state index in [1.807, 2.05) is 0 Å². The summed E-state index contributed by atoms with van der Waals surface area (Å²) in [5.74, 6) is 0. The fourth-order valence-corrected chi connectivity index (χ4v) is 2.60. The van der Waals surface area contributed by atoms with Gasteiger partial charge in [-0.25, -0.2) is 0 Å². The van der Waals surface area contributed by atoms with Crippen molar-refractivity contribution < 1.29 is 4.74 Å². The largest absolute Gasteiger partial charge is 0.368 e. The Morgan fingerprint density at radius 3 is 2.61 bits per heavy atom. The van der Waals surface area contributed by atoms with E-state index in [0.717, 1.165) is 6.42 Å². The van der Waals surface area contributed by atoms with Crippen LogP contribution in [0.4, 0.5) is 0 Å². The van der Waals surface area contributed by atoms with Crippen LogP contribution in [0, 0.1) is 0 Å². The Morgan fingerprint density at radius 2 is 1.83 bits per heavy atom. The lowest BCUT2D eigenvalue weighted by Gasteiger charge is -2.41. The Hall–Kier alpha value is -1.60. The summed E-state index contributed by atoms with van der Waals surface area (Å²) >= 11 is 0. The van der Waals surface area contributed by atoms with Gasteiger partial charge in [-0.15, -0.1) is 0 Å². The molecule has 1 heteroatoms. The van der Waals surface area contributed by atoms with E-state index in [0.29, 0.717) is 0 Å². The quantitative estimate of drug-likeness (QED) is 0.752. The smallest absolute Gasteiger partial charge is 0.0793 e. The molecule has 0 saturated carbocycles. The summed E-state index contributed by atoms with van der Waals surface area (Å²) < 4.78 is 5.77. The molecule has 18 heavy (non-hydrogen) atoms. The van der Waals surface area contributed by atoms with Crippen LogP contribution in [-0.2, 0) is 4.74 Å². The van der Waals surface area contributed by atoms with Crippen LogP contribution in [0.5, 0.6) is 0 Å². The van der Waals surface area contributed by atoms with Crippen molar-refractivity contribution in [2.24, 2.45) is 0 Å². The van der Waals surface area contributed by atoms with Gasteiger partial charge in [-0.3, -0.25) is 0 Å². The molecule has 1 atom stereocenters. The van der Waals surface area contributed by atoms with Gasteiger partial charge in [-0.05, 0) is 30.2 Å².